The zero-order valence-corrected chi connectivity index (χ0v) is 9.37. The number of alkyl halides is 3. The highest BCUT2D eigenvalue weighted by Crippen LogP contribution is 2.32. The topological polar surface area (TPSA) is 53.4 Å². The van der Waals surface area contributed by atoms with Crippen LogP contribution in [0.4, 0.5) is 19.0 Å². The zero-order valence-electron chi connectivity index (χ0n) is 9.37. The molecule has 1 aliphatic rings. The van der Waals surface area contributed by atoms with E-state index in [1.165, 1.54) is 0 Å². The molecule has 0 unspecified atom stereocenters. The Morgan fingerprint density at radius 1 is 1.33 bits per heavy atom. The van der Waals surface area contributed by atoms with Gasteiger partial charge in [0.1, 0.15) is 11.4 Å². The Labute approximate surface area is 101 Å². The summed E-state index contributed by atoms with van der Waals surface area (Å²) in [6, 6.07) is 0.642. The maximum Gasteiger partial charge on any atom is 0.417 e. The molecule has 1 saturated heterocycles. The van der Waals surface area contributed by atoms with Crippen molar-refractivity contribution in [1.82, 2.24) is 4.98 Å². The van der Waals surface area contributed by atoms with Crippen LogP contribution in [0.1, 0.15) is 28.8 Å². The Hall–Kier alpha value is -1.79. The van der Waals surface area contributed by atoms with Gasteiger partial charge in [-0.1, -0.05) is 0 Å². The van der Waals surface area contributed by atoms with Gasteiger partial charge in [0.2, 0.25) is 0 Å². The summed E-state index contributed by atoms with van der Waals surface area (Å²) in [5.41, 5.74) is -1.44. The third-order valence-corrected chi connectivity index (χ3v) is 2.83. The van der Waals surface area contributed by atoms with Gasteiger partial charge in [-0.05, 0) is 18.9 Å². The Morgan fingerprint density at radius 3 is 2.44 bits per heavy atom. The molecule has 1 aromatic rings. The van der Waals surface area contributed by atoms with Crippen LogP contribution >= 0.6 is 0 Å². The third-order valence-electron chi connectivity index (χ3n) is 2.83. The van der Waals surface area contributed by atoms with Crippen LogP contribution in [0.15, 0.2) is 12.3 Å². The van der Waals surface area contributed by atoms with Gasteiger partial charge in [0.05, 0.1) is 5.56 Å². The van der Waals surface area contributed by atoms with Gasteiger partial charge in [-0.3, -0.25) is 0 Å². The molecule has 0 spiro atoms. The molecule has 1 fully saturated rings. The fourth-order valence-electron chi connectivity index (χ4n) is 1.95. The predicted octanol–water partition coefficient (Wildman–Crippen LogP) is 2.40. The lowest BCUT2D eigenvalue weighted by atomic mass is 10.1. The molecule has 0 radical (unpaired) electrons. The van der Waals surface area contributed by atoms with E-state index in [0.717, 1.165) is 12.8 Å². The fraction of sp³-hybridized carbons (Fsp3) is 0.455. The highest BCUT2D eigenvalue weighted by molar-refractivity contribution is 5.93. The number of aromatic carboxylic acids is 1. The maximum atomic E-state index is 12.5. The molecule has 98 valence electrons. The van der Waals surface area contributed by atoms with Gasteiger partial charge < -0.3 is 10.0 Å². The largest absolute Gasteiger partial charge is 0.478 e. The first-order valence-corrected chi connectivity index (χ1v) is 5.45. The lowest BCUT2D eigenvalue weighted by Crippen LogP contribution is -2.23. The molecule has 1 N–H and O–H groups in total. The highest BCUT2D eigenvalue weighted by atomic mass is 19.4. The monoisotopic (exact) mass is 260 g/mol. The van der Waals surface area contributed by atoms with Crippen LogP contribution in [0.2, 0.25) is 0 Å². The van der Waals surface area contributed by atoms with Crippen LogP contribution in [-0.2, 0) is 6.18 Å². The number of rotatable bonds is 2. The average molecular weight is 260 g/mol. The lowest BCUT2D eigenvalue weighted by molar-refractivity contribution is -0.137. The van der Waals surface area contributed by atoms with Crippen LogP contribution in [-0.4, -0.2) is 29.1 Å². The minimum Gasteiger partial charge on any atom is -0.478 e. The first kappa shape index (κ1) is 12.7. The molecule has 0 atom stereocenters. The first-order chi connectivity index (χ1) is 8.39. The number of pyridine rings is 1. The van der Waals surface area contributed by atoms with Gasteiger partial charge in [-0.2, -0.15) is 13.2 Å². The van der Waals surface area contributed by atoms with E-state index < -0.39 is 23.3 Å². The molecule has 0 saturated carbocycles. The van der Waals surface area contributed by atoms with E-state index in [1.54, 1.807) is 4.90 Å². The number of hydrogen-bond acceptors (Lipinski definition) is 3. The molecule has 1 aliphatic heterocycles. The van der Waals surface area contributed by atoms with E-state index in [9.17, 15) is 18.0 Å². The quantitative estimate of drug-likeness (QED) is 0.887. The summed E-state index contributed by atoms with van der Waals surface area (Å²) in [7, 11) is 0. The molecule has 7 heteroatoms. The first-order valence-electron chi connectivity index (χ1n) is 5.45. The minimum atomic E-state index is -4.58. The smallest absolute Gasteiger partial charge is 0.417 e. The highest BCUT2D eigenvalue weighted by Gasteiger charge is 2.33. The van der Waals surface area contributed by atoms with Crippen molar-refractivity contribution in [3.63, 3.8) is 0 Å². The van der Waals surface area contributed by atoms with E-state index in [-0.39, 0.29) is 5.82 Å². The van der Waals surface area contributed by atoms with Crippen molar-refractivity contribution in [2.24, 2.45) is 0 Å². The van der Waals surface area contributed by atoms with E-state index in [0.29, 0.717) is 25.4 Å². The third kappa shape index (κ3) is 2.39. The number of nitrogens with zero attached hydrogens (tertiary/aromatic N) is 2. The van der Waals surface area contributed by atoms with E-state index in [2.05, 4.69) is 4.98 Å². The molecule has 0 bridgehead atoms. The van der Waals surface area contributed by atoms with Crippen LogP contribution in [0.25, 0.3) is 0 Å². The summed E-state index contributed by atoms with van der Waals surface area (Å²) >= 11 is 0. The number of anilines is 1. The Morgan fingerprint density at radius 2 is 1.94 bits per heavy atom. The van der Waals surface area contributed by atoms with Crippen molar-refractivity contribution < 1.29 is 23.1 Å². The molecule has 0 amide bonds. The number of halogens is 3. The standard InChI is InChI=1S/C11H11F3N2O2/c12-11(13,14)7-5-8(10(17)18)9(15-6-7)16-3-1-2-4-16/h5-6H,1-4H2,(H,17,18). The van der Waals surface area contributed by atoms with Gasteiger partial charge in [0.25, 0.3) is 0 Å². The second-order valence-corrected chi connectivity index (χ2v) is 4.09. The van der Waals surface area contributed by atoms with E-state index >= 15 is 0 Å². The average Bonchev–Trinajstić information content (AvgIpc) is 2.80. The molecule has 0 aliphatic carbocycles. The van der Waals surface area contributed by atoms with Gasteiger partial charge in [0, 0.05) is 19.3 Å². The molecule has 2 rings (SSSR count). The van der Waals surface area contributed by atoms with Crippen molar-refractivity contribution in [1.29, 1.82) is 0 Å². The van der Waals surface area contributed by atoms with Crippen molar-refractivity contribution in [3.05, 3.63) is 23.4 Å². The van der Waals surface area contributed by atoms with Gasteiger partial charge in [-0.15, -0.1) is 0 Å². The van der Waals surface area contributed by atoms with Gasteiger partial charge in [0.15, 0.2) is 0 Å². The van der Waals surface area contributed by atoms with Gasteiger partial charge in [-0.25, -0.2) is 9.78 Å². The number of hydrogen-bond donors (Lipinski definition) is 1. The second-order valence-electron chi connectivity index (χ2n) is 4.09. The van der Waals surface area contributed by atoms with Crippen LogP contribution in [0.5, 0.6) is 0 Å². The van der Waals surface area contributed by atoms with E-state index in [4.69, 9.17) is 5.11 Å². The Bertz CT molecular complexity index is 468. The number of carboxylic acid groups (broad SMARTS) is 1. The van der Waals surface area contributed by atoms with Crippen molar-refractivity contribution >= 4 is 11.8 Å². The summed E-state index contributed by atoms with van der Waals surface area (Å²) < 4.78 is 37.5. The van der Waals surface area contributed by atoms with Crippen LogP contribution in [0.3, 0.4) is 0 Å². The predicted molar refractivity (Wildman–Crippen MR) is 57.6 cm³/mol. The SMILES string of the molecule is O=C(O)c1cc(C(F)(F)F)cnc1N1CCCC1. The summed E-state index contributed by atoms with van der Waals surface area (Å²) in [6.07, 6.45) is -2.12. The minimum absolute atomic E-state index is 0.119. The normalized spacial score (nSPS) is 16.1. The fourth-order valence-corrected chi connectivity index (χ4v) is 1.95. The van der Waals surface area contributed by atoms with Gasteiger partial charge >= 0.3 is 12.1 Å². The molecular weight excluding hydrogens is 249 g/mol. The second kappa shape index (κ2) is 4.47. The van der Waals surface area contributed by atoms with E-state index in [1.807, 2.05) is 0 Å². The molecule has 2 heterocycles. The maximum absolute atomic E-state index is 12.5. The molecule has 18 heavy (non-hydrogen) atoms. The van der Waals surface area contributed by atoms with Crippen molar-refractivity contribution in [2.45, 2.75) is 19.0 Å². The number of carboxylic acids is 1. The van der Waals surface area contributed by atoms with Crippen LogP contribution in [0, 0.1) is 0 Å². The molecular formula is C11H11F3N2O2. The van der Waals surface area contributed by atoms with Crippen molar-refractivity contribution in [3.8, 4) is 0 Å². The van der Waals surface area contributed by atoms with Crippen LogP contribution < -0.4 is 4.90 Å². The zero-order chi connectivity index (χ0) is 13.3. The Balaban J connectivity index is 2.44. The molecule has 0 aromatic carbocycles. The Kier molecular flexibility index (Phi) is 3.14. The summed E-state index contributed by atoms with van der Waals surface area (Å²) in [5.74, 6) is -1.27. The number of carbonyl (C=O) groups is 1. The number of aromatic nitrogens is 1. The summed E-state index contributed by atoms with van der Waals surface area (Å²) in [4.78, 5) is 16.4. The summed E-state index contributed by atoms with van der Waals surface area (Å²) in [5, 5.41) is 8.98. The summed E-state index contributed by atoms with van der Waals surface area (Å²) in [6.45, 7) is 1.25. The van der Waals surface area contributed by atoms with Crippen molar-refractivity contribution in [2.75, 3.05) is 18.0 Å². The lowest BCUT2D eigenvalue weighted by Gasteiger charge is -2.19. The molecule has 4 nitrogen and oxygen atoms in total. The molecule has 1 aromatic heterocycles.